The van der Waals surface area contributed by atoms with E-state index in [0.29, 0.717) is 17.4 Å². The second kappa shape index (κ2) is 6.93. The number of rotatable bonds is 5. The molecule has 2 nitrogen and oxygen atoms in total. The summed E-state index contributed by atoms with van der Waals surface area (Å²) in [5, 5.41) is 0. The van der Waals surface area contributed by atoms with Crippen LogP contribution in [0.1, 0.15) is 46.1 Å². The number of carbonyl (C=O) groups excluding carboxylic acids is 1. The van der Waals surface area contributed by atoms with Crippen LogP contribution in [0.25, 0.3) is 0 Å². The zero-order valence-corrected chi connectivity index (χ0v) is 14.1. The highest BCUT2D eigenvalue weighted by Crippen LogP contribution is 2.44. The fourth-order valence-electron chi connectivity index (χ4n) is 3.18. The van der Waals surface area contributed by atoms with Crippen LogP contribution in [0.2, 0.25) is 0 Å². The second-order valence-electron chi connectivity index (χ2n) is 6.92. The van der Waals surface area contributed by atoms with Gasteiger partial charge >= 0.3 is 5.97 Å². The molecular weight excluding hydrogens is 260 g/mol. The predicted octanol–water partition coefficient (Wildman–Crippen LogP) is 4.82. The van der Waals surface area contributed by atoms with E-state index in [1.165, 1.54) is 12.7 Å². The molecule has 0 spiro atoms. The van der Waals surface area contributed by atoms with E-state index in [1.54, 1.807) is 0 Å². The Morgan fingerprint density at radius 3 is 2.10 bits per heavy atom. The lowest BCUT2D eigenvalue weighted by molar-refractivity contribution is -0.136. The number of ether oxygens (including phenoxy) is 1. The van der Waals surface area contributed by atoms with Crippen LogP contribution in [-0.4, -0.2) is 13.1 Å². The Labute approximate surface area is 129 Å². The molecule has 0 N–H and O–H groups in total. The third-order valence-corrected chi connectivity index (χ3v) is 4.40. The molecule has 0 aromatic heterocycles. The molecule has 21 heavy (non-hydrogen) atoms. The Morgan fingerprint density at radius 2 is 1.67 bits per heavy atom. The summed E-state index contributed by atoms with van der Waals surface area (Å²) in [6.45, 7) is 14.9. The summed E-state index contributed by atoms with van der Waals surface area (Å²) in [5.74, 6) is 0.394. The molecule has 1 aromatic rings. The van der Waals surface area contributed by atoms with E-state index in [2.05, 4.69) is 65.5 Å². The van der Waals surface area contributed by atoms with Crippen LogP contribution in [0.3, 0.4) is 0 Å². The van der Waals surface area contributed by atoms with Crippen LogP contribution >= 0.6 is 0 Å². The van der Waals surface area contributed by atoms with E-state index >= 15 is 0 Å². The molecule has 3 unspecified atom stereocenters. The second-order valence-corrected chi connectivity index (χ2v) is 6.92. The Kier molecular flexibility index (Phi) is 5.77. The van der Waals surface area contributed by atoms with E-state index in [9.17, 15) is 4.79 Å². The highest BCUT2D eigenvalue weighted by atomic mass is 16.5. The molecule has 0 saturated carbocycles. The number of esters is 1. The monoisotopic (exact) mass is 288 g/mol. The highest BCUT2D eigenvalue weighted by molar-refractivity contribution is 5.88. The van der Waals surface area contributed by atoms with Gasteiger partial charge in [0.25, 0.3) is 0 Å². The van der Waals surface area contributed by atoms with Gasteiger partial charge in [0.15, 0.2) is 0 Å². The minimum absolute atomic E-state index is 0.0712. The largest absolute Gasteiger partial charge is 0.466 e. The van der Waals surface area contributed by atoms with Crippen LogP contribution in [0.15, 0.2) is 42.5 Å². The molecule has 0 bridgehead atoms. The summed E-state index contributed by atoms with van der Waals surface area (Å²) in [7, 11) is 1.41. The first-order valence-corrected chi connectivity index (χ1v) is 7.52. The Bertz CT molecular complexity index is 482. The van der Waals surface area contributed by atoms with Crippen molar-refractivity contribution in [2.75, 3.05) is 7.11 Å². The van der Waals surface area contributed by atoms with Crippen LogP contribution in [0, 0.1) is 17.3 Å². The molecule has 0 radical (unpaired) electrons. The molecule has 0 amide bonds. The van der Waals surface area contributed by atoms with Crippen molar-refractivity contribution in [3.05, 3.63) is 48.0 Å². The van der Waals surface area contributed by atoms with Gasteiger partial charge in [-0.3, -0.25) is 0 Å². The van der Waals surface area contributed by atoms with Crippen molar-refractivity contribution < 1.29 is 9.53 Å². The van der Waals surface area contributed by atoms with Crippen molar-refractivity contribution in [2.24, 2.45) is 17.3 Å². The SMILES string of the molecule is C=C(C(=O)OC)C(C)C(C)C(c1ccccc1)C(C)(C)C. The van der Waals surface area contributed by atoms with Crippen LogP contribution in [0.5, 0.6) is 0 Å². The first-order chi connectivity index (χ1) is 9.70. The first-order valence-electron chi connectivity index (χ1n) is 7.52. The van der Waals surface area contributed by atoms with Gasteiger partial charge in [0.2, 0.25) is 0 Å². The lowest BCUT2D eigenvalue weighted by Gasteiger charge is -2.39. The zero-order chi connectivity index (χ0) is 16.2. The summed E-state index contributed by atoms with van der Waals surface area (Å²) in [6.07, 6.45) is 0. The molecule has 0 heterocycles. The molecule has 0 saturated heterocycles. The average Bonchev–Trinajstić information content (AvgIpc) is 2.44. The third kappa shape index (κ3) is 4.20. The fraction of sp³-hybridized carbons (Fsp3) is 0.526. The molecule has 1 rings (SSSR count). The number of methoxy groups -OCH3 is 1. The van der Waals surface area contributed by atoms with Gasteiger partial charge in [-0.25, -0.2) is 4.79 Å². The van der Waals surface area contributed by atoms with Crippen LogP contribution in [-0.2, 0) is 9.53 Å². The molecule has 3 atom stereocenters. The van der Waals surface area contributed by atoms with Crippen molar-refractivity contribution in [1.29, 1.82) is 0 Å². The molecule has 0 aliphatic heterocycles. The number of carbonyl (C=O) groups is 1. The van der Waals surface area contributed by atoms with Gasteiger partial charge in [-0.2, -0.15) is 0 Å². The van der Waals surface area contributed by atoms with Crippen molar-refractivity contribution >= 4 is 5.97 Å². The lowest BCUT2D eigenvalue weighted by atomic mass is 9.65. The highest BCUT2D eigenvalue weighted by Gasteiger charge is 2.35. The fourth-order valence-corrected chi connectivity index (χ4v) is 3.18. The molecule has 1 aromatic carbocycles. The van der Waals surface area contributed by atoms with E-state index < -0.39 is 0 Å². The van der Waals surface area contributed by atoms with Gasteiger partial charge in [-0.05, 0) is 28.7 Å². The predicted molar refractivity (Wildman–Crippen MR) is 88.1 cm³/mol. The smallest absolute Gasteiger partial charge is 0.333 e. The molecule has 0 aliphatic rings. The van der Waals surface area contributed by atoms with Crippen molar-refractivity contribution in [3.63, 3.8) is 0 Å². The number of hydrogen-bond acceptors (Lipinski definition) is 2. The minimum Gasteiger partial charge on any atom is -0.466 e. The van der Waals surface area contributed by atoms with Gasteiger partial charge in [0, 0.05) is 5.57 Å². The standard InChI is InChI=1S/C19H28O2/c1-13(15(3)18(20)21-7)14(2)17(19(4,5)6)16-11-9-8-10-12-16/h8-14,17H,3H2,1-2,4-7H3. The molecule has 0 fully saturated rings. The first kappa shape index (κ1) is 17.5. The Hall–Kier alpha value is -1.57. The molecular formula is C19H28O2. The summed E-state index contributed by atoms with van der Waals surface area (Å²) >= 11 is 0. The number of benzene rings is 1. The normalized spacial score (nSPS) is 15.9. The Balaban J connectivity index is 3.11. The topological polar surface area (TPSA) is 26.3 Å². The van der Waals surface area contributed by atoms with Gasteiger partial charge < -0.3 is 4.74 Å². The van der Waals surface area contributed by atoms with Crippen molar-refractivity contribution in [1.82, 2.24) is 0 Å². The molecule has 0 aliphatic carbocycles. The third-order valence-electron chi connectivity index (χ3n) is 4.40. The summed E-state index contributed by atoms with van der Waals surface area (Å²) < 4.78 is 4.82. The van der Waals surface area contributed by atoms with E-state index in [-0.39, 0.29) is 17.3 Å². The van der Waals surface area contributed by atoms with Gasteiger partial charge in [-0.1, -0.05) is 71.5 Å². The quantitative estimate of drug-likeness (QED) is 0.573. The molecule has 116 valence electrons. The van der Waals surface area contributed by atoms with Crippen LogP contribution in [0.4, 0.5) is 0 Å². The Morgan fingerprint density at radius 1 is 1.14 bits per heavy atom. The van der Waals surface area contributed by atoms with Gasteiger partial charge in [-0.15, -0.1) is 0 Å². The maximum absolute atomic E-state index is 11.7. The van der Waals surface area contributed by atoms with Crippen molar-refractivity contribution in [2.45, 2.75) is 40.5 Å². The van der Waals surface area contributed by atoms with E-state index in [1.807, 2.05) is 6.07 Å². The maximum atomic E-state index is 11.7. The average molecular weight is 288 g/mol. The van der Waals surface area contributed by atoms with Gasteiger partial charge in [0.1, 0.15) is 0 Å². The van der Waals surface area contributed by atoms with Crippen LogP contribution < -0.4 is 0 Å². The molecule has 2 heteroatoms. The summed E-state index contributed by atoms with van der Waals surface area (Å²) in [6, 6.07) is 10.5. The summed E-state index contributed by atoms with van der Waals surface area (Å²) in [5.41, 5.74) is 1.96. The van der Waals surface area contributed by atoms with Crippen molar-refractivity contribution in [3.8, 4) is 0 Å². The van der Waals surface area contributed by atoms with E-state index in [4.69, 9.17) is 4.74 Å². The number of hydrogen-bond donors (Lipinski definition) is 0. The maximum Gasteiger partial charge on any atom is 0.333 e. The summed E-state index contributed by atoms with van der Waals surface area (Å²) in [4.78, 5) is 11.7. The van der Waals surface area contributed by atoms with E-state index in [0.717, 1.165) is 0 Å². The zero-order valence-electron chi connectivity index (χ0n) is 14.1. The lowest BCUT2D eigenvalue weighted by Crippen LogP contribution is -2.30. The minimum atomic E-state index is -0.310. The van der Waals surface area contributed by atoms with Gasteiger partial charge in [0.05, 0.1) is 7.11 Å².